The number of fused-ring (bicyclic) bond motifs is 3. The Labute approximate surface area is 160 Å². The third-order valence-corrected chi connectivity index (χ3v) is 6.38. The predicted octanol–water partition coefficient (Wildman–Crippen LogP) is 4.32. The molecular weight excluding hydrogens is 358 g/mol. The average Bonchev–Trinajstić information content (AvgIpc) is 2.92. The zero-order chi connectivity index (χ0) is 19.6. The molecule has 0 spiro atoms. The van der Waals surface area contributed by atoms with Gasteiger partial charge in [-0.25, -0.2) is 4.79 Å². The maximum absolute atomic E-state index is 12.2. The highest BCUT2D eigenvalue weighted by molar-refractivity contribution is 6.76. The molecule has 1 aliphatic carbocycles. The van der Waals surface area contributed by atoms with Crippen LogP contribution < -0.4 is 5.32 Å². The SMILES string of the molecule is C[Si](C)(C)CC(NC(=O)OCC1c2ccccc2-c2ccccc21)C(=O)O. The number of carbonyl (C=O) groups is 2. The van der Waals surface area contributed by atoms with E-state index in [1.165, 1.54) is 0 Å². The van der Waals surface area contributed by atoms with E-state index in [0.717, 1.165) is 22.3 Å². The van der Waals surface area contributed by atoms with Gasteiger partial charge in [0, 0.05) is 14.0 Å². The monoisotopic (exact) mass is 383 g/mol. The molecular formula is C21H25NO4Si. The normalized spacial score (nSPS) is 14.2. The summed E-state index contributed by atoms with van der Waals surface area (Å²) in [6, 6.07) is 15.8. The van der Waals surface area contributed by atoms with Crippen molar-refractivity contribution in [2.75, 3.05) is 6.61 Å². The Morgan fingerprint density at radius 3 is 2.04 bits per heavy atom. The van der Waals surface area contributed by atoms with Crippen molar-refractivity contribution >= 4 is 20.1 Å². The molecule has 0 bridgehead atoms. The molecule has 1 amide bonds. The number of aliphatic carboxylic acids is 1. The van der Waals surface area contributed by atoms with Gasteiger partial charge in [0.05, 0.1) is 0 Å². The first kappa shape index (κ1) is 19.2. The van der Waals surface area contributed by atoms with Gasteiger partial charge in [-0.2, -0.15) is 0 Å². The molecule has 2 aromatic rings. The molecule has 2 aromatic carbocycles. The Bertz CT molecular complexity index is 814. The topological polar surface area (TPSA) is 75.6 Å². The van der Waals surface area contributed by atoms with E-state index in [4.69, 9.17) is 4.74 Å². The Hall–Kier alpha value is -2.60. The zero-order valence-electron chi connectivity index (χ0n) is 15.9. The third kappa shape index (κ3) is 4.39. The number of hydrogen-bond acceptors (Lipinski definition) is 3. The summed E-state index contributed by atoms with van der Waals surface area (Å²) >= 11 is 0. The second-order valence-corrected chi connectivity index (χ2v) is 13.7. The van der Waals surface area contributed by atoms with Gasteiger partial charge in [0.25, 0.3) is 0 Å². The number of benzene rings is 2. The van der Waals surface area contributed by atoms with Crippen LogP contribution in [0.3, 0.4) is 0 Å². The molecule has 0 saturated heterocycles. The van der Waals surface area contributed by atoms with Gasteiger partial charge in [0.2, 0.25) is 0 Å². The van der Waals surface area contributed by atoms with Crippen LogP contribution in [0, 0.1) is 0 Å². The largest absolute Gasteiger partial charge is 0.480 e. The molecule has 1 atom stereocenters. The Morgan fingerprint density at radius 2 is 1.56 bits per heavy atom. The van der Waals surface area contributed by atoms with Crippen LogP contribution in [0.25, 0.3) is 11.1 Å². The Morgan fingerprint density at radius 1 is 1.04 bits per heavy atom. The number of nitrogens with one attached hydrogen (secondary N) is 1. The number of amides is 1. The fraction of sp³-hybridized carbons (Fsp3) is 0.333. The highest BCUT2D eigenvalue weighted by Crippen LogP contribution is 2.44. The molecule has 0 saturated carbocycles. The summed E-state index contributed by atoms with van der Waals surface area (Å²) in [4.78, 5) is 23.7. The molecule has 6 heteroatoms. The molecule has 0 aromatic heterocycles. The first-order valence-corrected chi connectivity index (χ1v) is 12.8. The summed E-state index contributed by atoms with van der Waals surface area (Å²) in [5.74, 6) is -1.06. The lowest BCUT2D eigenvalue weighted by Gasteiger charge is -2.22. The summed E-state index contributed by atoms with van der Waals surface area (Å²) in [6.07, 6.45) is -0.678. The molecule has 0 radical (unpaired) electrons. The van der Waals surface area contributed by atoms with Gasteiger partial charge in [-0.15, -0.1) is 0 Å². The number of rotatable bonds is 6. The molecule has 0 heterocycles. The van der Waals surface area contributed by atoms with Crippen LogP contribution in [-0.4, -0.2) is 37.9 Å². The van der Waals surface area contributed by atoms with E-state index in [9.17, 15) is 14.7 Å². The highest BCUT2D eigenvalue weighted by Gasteiger charge is 2.31. The van der Waals surface area contributed by atoms with E-state index in [-0.39, 0.29) is 12.5 Å². The van der Waals surface area contributed by atoms with E-state index in [2.05, 4.69) is 37.1 Å². The summed E-state index contributed by atoms with van der Waals surface area (Å²) in [6.45, 7) is 6.40. The van der Waals surface area contributed by atoms with Crippen LogP contribution in [0.15, 0.2) is 48.5 Å². The van der Waals surface area contributed by atoms with Gasteiger partial charge in [-0.1, -0.05) is 68.2 Å². The third-order valence-electron chi connectivity index (χ3n) is 4.75. The van der Waals surface area contributed by atoms with Crippen molar-refractivity contribution in [3.05, 3.63) is 59.7 Å². The van der Waals surface area contributed by atoms with Gasteiger partial charge < -0.3 is 15.2 Å². The second-order valence-electron chi connectivity index (χ2n) is 8.13. The van der Waals surface area contributed by atoms with Gasteiger partial charge in [-0.05, 0) is 28.3 Å². The van der Waals surface area contributed by atoms with Crippen LogP contribution >= 0.6 is 0 Å². The molecule has 0 fully saturated rings. The number of alkyl carbamates (subject to hydrolysis) is 1. The number of carboxylic acid groups (broad SMARTS) is 1. The minimum atomic E-state index is -1.64. The number of carboxylic acids is 1. The molecule has 5 nitrogen and oxygen atoms in total. The molecule has 142 valence electrons. The standard InChI is InChI=1S/C21H25NO4Si/c1-27(2,3)13-19(20(23)24)22-21(25)26-12-18-16-10-6-4-8-14(16)15-9-5-7-11-17(15)18/h4-11,18-19H,12-13H2,1-3H3,(H,22,25)(H,23,24). The van der Waals surface area contributed by atoms with Crippen LogP contribution in [-0.2, 0) is 9.53 Å². The van der Waals surface area contributed by atoms with E-state index in [1.54, 1.807) is 0 Å². The number of hydrogen-bond donors (Lipinski definition) is 2. The van der Waals surface area contributed by atoms with Crippen LogP contribution in [0.1, 0.15) is 17.0 Å². The first-order chi connectivity index (χ1) is 12.8. The van der Waals surface area contributed by atoms with Crippen molar-refractivity contribution in [3.8, 4) is 11.1 Å². The Kier molecular flexibility index (Phi) is 5.37. The smallest absolute Gasteiger partial charge is 0.407 e. The van der Waals surface area contributed by atoms with Crippen LogP contribution in [0.5, 0.6) is 0 Å². The van der Waals surface area contributed by atoms with Crippen molar-refractivity contribution in [2.45, 2.75) is 37.6 Å². The number of carbonyl (C=O) groups excluding carboxylic acids is 1. The van der Waals surface area contributed by atoms with E-state index < -0.39 is 26.2 Å². The van der Waals surface area contributed by atoms with Crippen molar-refractivity contribution in [3.63, 3.8) is 0 Å². The summed E-state index contributed by atoms with van der Waals surface area (Å²) in [7, 11) is -1.64. The fourth-order valence-electron chi connectivity index (χ4n) is 3.59. The second kappa shape index (κ2) is 7.56. The maximum atomic E-state index is 12.2. The molecule has 3 rings (SSSR count). The molecule has 1 unspecified atom stereocenters. The first-order valence-electron chi connectivity index (χ1n) is 9.10. The van der Waals surface area contributed by atoms with Crippen molar-refractivity contribution in [1.82, 2.24) is 5.32 Å². The average molecular weight is 384 g/mol. The summed E-state index contributed by atoms with van der Waals surface area (Å²) in [5, 5.41) is 11.9. The van der Waals surface area contributed by atoms with E-state index >= 15 is 0 Å². The molecule has 1 aliphatic rings. The van der Waals surface area contributed by atoms with Crippen LogP contribution in [0.4, 0.5) is 4.79 Å². The van der Waals surface area contributed by atoms with Gasteiger partial charge >= 0.3 is 12.1 Å². The fourth-order valence-corrected chi connectivity index (χ4v) is 5.10. The lowest BCUT2D eigenvalue weighted by molar-refractivity contribution is -0.138. The maximum Gasteiger partial charge on any atom is 0.407 e. The van der Waals surface area contributed by atoms with Crippen LogP contribution in [0.2, 0.25) is 25.7 Å². The summed E-state index contributed by atoms with van der Waals surface area (Å²) in [5.41, 5.74) is 4.57. The lowest BCUT2D eigenvalue weighted by atomic mass is 9.98. The van der Waals surface area contributed by atoms with Gasteiger partial charge in [0.15, 0.2) is 0 Å². The highest BCUT2D eigenvalue weighted by atomic mass is 28.3. The predicted molar refractivity (Wildman–Crippen MR) is 108 cm³/mol. The van der Waals surface area contributed by atoms with Gasteiger partial charge in [-0.3, -0.25) is 4.79 Å². The van der Waals surface area contributed by atoms with Gasteiger partial charge in [0.1, 0.15) is 12.6 Å². The minimum Gasteiger partial charge on any atom is -0.480 e. The lowest BCUT2D eigenvalue weighted by Crippen LogP contribution is -2.45. The number of ether oxygens (including phenoxy) is 1. The quantitative estimate of drug-likeness (QED) is 0.729. The molecule has 27 heavy (non-hydrogen) atoms. The van der Waals surface area contributed by atoms with E-state index in [0.29, 0.717) is 6.04 Å². The Balaban J connectivity index is 1.69. The molecule has 0 aliphatic heterocycles. The zero-order valence-corrected chi connectivity index (χ0v) is 16.9. The molecule has 2 N–H and O–H groups in total. The van der Waals surface area contributed by atoms with Crippen molar-refractivity contribution in [1.29, 1.82) is 0 Å². The van der Waals surface area contributed by atoms with Crippen molar-refractivity contribution < 1.29 is 19.4 Å². The minimum absolute atomic E-state index is 0.0385. The van der Waals surface area contributed by atoms with E-state index in [1.807, 2.05) is 36.4 Å². The van der Waals surface area contributed by atoms with Crippen molar-refractivity contribution in [2.24, 2.45) is 0 Å². The summed E-state index contributed by atoms with van der Waals surface area (Å²) < 4.78 is 5.44.